The van der Waals surface area contributed by atoms with Crippen molar-refractivity contribution >= 4 is 21.9 Å². The van der Waals surface area contributed by atoms with Gasteiger partial charge >= 0.3 is 5.97 Å². The number of aliphatic hydroxyl groups excluding tert-OH is 1. The molecular weight excluding hydrogens is 302 g/mol. The molecule has 0 radical (unpaired) electrons. The van der Waals surface area contributed by atoms with Crippen molar-refractivity contribution in [2.75, 3.05) is 0 Å². The molecule has 1 aromatic heterocycles. The summed E-state index contributed by atoms with van der Waals surface area (Å²) in [6, 6.07) is 4.86. The number of hydrogen-bond acceptors (Lipinski definition) is 4. The second-order valence-corrected chi connectivity index (χ2v) is 4.54. The van der Waals surface area contributed by atoms with Gasteiger partial charge in [0.1, 0.15) is 12.4 Å². The normalized spacial score (nSPS) is 10.6. The highest BCUT2D eigenvalue weighted by atomic mass is 79.9. The van der Waals surface area contributed by atoms with Crippen molar-refractivity contribution in [1.82, 2.24) is 14.8 Å². The first-order chi connectivity index (χ1) is 8.54. The fraction of sp³-hybridized carbons (Fsp3) is 0.182. The summed E-state index contributed by atoms with van der Waals surface area (Å²) in [5.74, 6) is -0.232. The van der Waals surface area contributed by atoms with Crippen molar-refractivity contribution in [1.29, 1.82) is 0 Å². The molecule has 2 rings (SSSR count). The standard InChI is InChI=1S/C11H10BrN3O3/c1-6-13-14-10(5-16)15(6)9-3-2-7(12)4-8(9)11(17)18/h2-4,16H,5H2,1H3,(H,17,18). The molecule has 0 atom stereocenters. The molecule has 7 heteroatoms. The van der Waals surface area contributed by atoms with Crippen LogP contribution < -0.4 is 0 Å². The van der Waals surface area contributed by atoms with Crippen LogP contribution in [-0.2, 0) is 6.61 Å². The summed E-state index contributed by atoms with van der Waals surface area (Å²) in [5, 5.41) is 26.0. The summed E-state index contributed by atoms with van der Waals surface area (Å²) < 4.78 is 2.19. The van der Waals surface area contributed by atoms with Crippen molar-refractivity contribution in [2.24, 2.45) is 0 Å². The molecule has 0 spiro atoms. The number of aryl methyl sites for hydroxylation is 1. The van der Waals surface area contributed by atoms with Gasteiger partial charge < -0.3 is 10.2 Å². The highest BCUT2D eigenvalue weighted by molar-refractivity contribution is 9.10. The van der Waals surface area contributed by atoms with E-state index in [0.29, 0.717) is 21.8 Å². The van der Waals surface area contributed by atoms with Gasteiger partial charge in [-0.2, -0.15) is 0 Å². The maximum Gasteiger partial charge on any atom is 0.337 e. The van der Waals surface area contributed by atoms with Gasteiger partial charge in [0, 0.05) is 4.47 Å². The number of hydrogen-bond donors (Lipinski definition) is 2. The highest BCUT2D eigenvalue weighted by Gasteiger charge is 2.17. The molecule has 0 bridgehead atoms. The number of nitrogens with zero attached hydrogens (tertiary/aromatic N) is 3. The van der Waals surface area contributed by atoms with Crippen LogP contribution in [0.3, 0.4) is 0 Å². The maximum absolute atomic E-state index is 11.2. The zero-order valence-electron chi connectivity index (χ0n) is 9.46. The average molecular weight is 312 g/mol. The number of rotatable bonds is 3. The molecule has 0 fully saturated rings. The Bertz CT molecular complexity index is 610. The Balaban J connectivity index is 2.70. The highest BCUT2D eigenvalue weighted by Crippen LogP contribution is 2.22. The predicted octanol–water partition coefficient (Wildman–Crippen LogP) is 1.53. The summed E-state index contributed by atoms with van der Waals surface area (Å²) in [5.41, 5.74) is 0.541. The van der Waals surface area contributed by atoms with Crippen LogP contribution in [0.1, 0.15) is 22.0 Å². The van der Waals surface area contributed by atoms with Gasteiger partial charge in [0.05, 0.1) is 11.3 Å². The van der Waals surface area contributed by atoms with E-state index in [0.717, 1.165) is 0 Å². The van der Waals surface area contributed by atoms with Crippen LogP contribution in [0.4, 0.5) is 0 Å². The Kier molecular flexibility index (Phi) is 3.44. The topological polar surface area (TPSA) is 88.2 Å². The second kappa shape index (κ2) is 4.87. The lowest BCUT2D eigenvalue weighted by Gasteiger charge is -2.11. The molecule has 0 aliphatic carbocycles. The summed E-state index contributed by atoms with van der Waals surface area (Å²) in [6.45, 7) is 1.38. The first-order valence-electron chi connectivity index (χ1n) is 5.09. The van der Waals surface area contributed by atoms with Gasteiger partial charge in [-0.25, -0.2) is 4.79 Å². The van der Waals surface area contributed by atoms with E-state index >= 15 is 0 Å². The van der Waals surface area contributed by atoms with Gasteiger partial charge in [-0.3, -0.25) is 4.57 Å². The zero-order valence-corrected chi connectivity index (χ0v) is 11.0. The van der Waals surface area contributed by atoms with Gasteiger partial charge in [-0.15, -0.1) is 10.2 Å². The summed E-state index contributed by atoms with van der Waals surface area (Å²) >= 11 is 3.23. The molecule has 18 heavy (non-hydrogen) atoms. The van der Waals surface area contributed by atoms with E-state index in [2.05, 4.69) is 26.1 Å². The number of benzene rings is 1. The third kappa shape index (κ3) is 2.14. The SMILES string of the molecule is Cc1nnc(CO)n1-c1ccc(Br)cc1C(=O)O. The monoisotopic (exact) mass is 311 g/mol. The average Bonchev–Trinajstić information content (AvgIpc) is 2.70. The quantitative estimate of drug-likeness (QED) is 0.897. The third-order valence-corrected chi connectivity index (χ3v) is 2.96. The van der Waals surface area contributed by atoms with Crippen LogP contribution in [0, 0.1) is 6.92 Å². The zero-order chi connectivity index (χ0) is 13.3. The fourth-order valence-corrected chi connectivity index (χ4v) is 2.06. The predicted molar refractivity (Wildman–Crippen MR) is 66.7 cm³/mol. The Morgan fingerprint density at radius 3 is 2.78 bits per heavy atom. The van der Waals surface area contributed by atoms with Gasteiger partial charge in [0.2, 0.25) is 0 Å². The molecule has 1 aromatic carbocycles. The lowest BCUT2D eigenvalue weighted by Crippen LogP contribution is -2.09. The number of carboxylic acids is 1. The third-order valence-electron chi connectivity index (χ3n) is 2.46. The molecule has 1 heterocycles. The molecule has 0 saturated carbocycles. The van der Waals surface area contributed by atoms with Crippen LogP contribution >= 0.6 is 15.9 Å². The number of aliphatic hydroxyl groups is 1. The minimum atomic E-state index is -1.05. The summed E-state index contributed by atoms with van der Waals surface area (Å²) in [7, 11) is 0. The van der Waals surface area contributed by atoms with E-state index in [1.165, 1.54) is 10.6 Å². The Hall–Kier alpha value is -1.73. The fourth-order valence-electron chi connectivity index (χ4n) is 1.70. The molecule has 0 unspecified atom stereocenters. The Morgan fingerprint density at radius 1 is 1.44 bits per heavy atom. The van der Waals surface area contributed by atoms with Crippen molar-refractivity contribution in [3.05, 3.63) is 39.9 Å². The van der Waals surface area contributed by atoms with E-state index in [1.54, 1.807) is 19.1 Å². The van der Waals surface area contributed by atoms with Crippen LogP contribution in [0.5, 0.6) is 0 Å². The molecular formula is C11H10BrN3O3. The lowest BCUT2D eigenvalue weighted by molar-refractivity contribution is 0.0696. The van der Waals surface area contributed by atoms with Crippen LogP contribution in [0.15, 0.2) is 22.7 Å². The Labute approximate surface area is 111 Å². The van der Waals surface area contributed by atoms with Crippen LogP contribution in [0.25, 0.3) is 5.69 Å². The lowest BCUT2D eigenvalue weighted by atomic mass is 10.1. The number of aromatic nitrogens is 3. The van der Waals surface area contributed by atoms with E-state index in [1.807, 2.05) is 0 Å². The second-order valence-electron chi connectivity index (χ2n) is 3.62. The number of aromatic carboxylic acids is 1. The van der Waals surface area contributed by atoms with Gasteiger partial charge in [-0.05, 0) is 25.1 Å². The van der Waals surface area contributed by atoms with Crippen LogP contribution in [0.2, 0.25) is 0 Å². The molecule has 6 nitrogen and oxygen atoms in total. The van der Waals surface area contributed by atoms with Crippen molar-refractivity contribution < 1.29 is 15.0 Å². The summed E-state index contributed by atoms with van der Waals surface area (Å²) in [4.78, 5) is 11.2. The summed E-state index contributed by atoms with van der Waals surface area (Å²) in [6.07, 6.45) is 0. The maximum atomic E-state index is 11.2. The van der Waals surface area contributed by atoms with Crippen LogP contribution in [-0.4, -0.2) is 30.9 Å². The van der Waals surface area contributed by atoms with E-state index in [9.17, 15) is 15.0 Å². The molecule has 2 N–H and O–H groups in total. The number of carboxylic acid groups (broad SMARTS) is 1. The number of carbonyl (C=O) groups is 1. The van der Waals surface area contributed by atoms with Crippen molar-refractivity contribution in [3.63, 3.8) is 0 Å². The first kappa shape index (κ1) is 12.7. The van der Waals surface area contributed by atoms with Gasteiger partial charge in [0.15, 0.2) is 5.82 Å². The van der Waals surface area contributed by atoms with E-state index in [4.69, 9.17) is 0 Å². The van der Waals surface area contributed by atoms with E-state index < -0.39 is 5.97 Å². The smallest absolute Gasteiger partial charge is 0.337 e. The van der Waals surface area contributed by atoms with Gasteiger partial charge in [0.25, 0.3) is 0 Å². The molecule has 0 amide bonds. The molecule has 2 aromatic rings. The number of halogens is 1. The minimum Gasteiger partial charge on any atom is -0.478 e. The molecule has 0 aliphatic rings. The first-order valence-corrected chi connectivity index (χ1v) is 5.89. The van der Waals surface area contributed by atoms with Gasteiger partial charge in [-0.1, -0.05) is 15.9 Å². The Morgan fingerprint density at radius 2 is 2.17 bits per heavy atom. The molecule has 0 saturated heterocycles. The molecule has 0 aliphatic heterocycles. The minimum absolute atomic E-state index is 0.113. The molecule has 94 valence electrons. The van der Waals surface area contributed by atoms with Crippen molar-refractivity contribution in [3.8, 4) is 5.69 Å². The largest absolute Gasteiger partial charge is 0.478 e. The van der Waals surface area contributed by atoms with Crippen molar-refractivity contribution in [2.45, 2.75) is 13.5 Å². The van der Waals surface area contributed by atoms with E-state index in [-0.39, 0.29) is 12.2 Å².